The van der Waals surface area contributed by atoms with Crippen LogP contribution in [-0.2, 0) is 22.6 Å². The fourth-order valence-electron chi connectivity index (χ4n) is 2.58. The Hall–Kier alpha value is -2.94. The van der Waals surface area contributed by atoms with E-state index in [9.17, 15) is 4.79 Å². The number of nitrogens with two attached hydrogens (primary N) is 1. The van der Waals surface area contributed by atoms with Gasteiger partial charge in [-0.25, -0.2) is 9.97 Å². The third-order valence-corrected chi connectivity index (χ3v) is 3.80. The zero-order valence-electron chi connectivity index (χ0n) is 14.1. The zero-order valence-corrected chi connectivity index (χ0v) is 14.1. The van der Waals surface area contributed by atoms with Crippen molar-refractivity contribution in [2.24, 2.45) is 5.73 Å². The first kappa shape index (κ1) is 16.9. The summed E-state index contributed by atoms with van der Waals surface area (Å²) in [6.45, 7) is 1.93. The van der Waals surface area contributed by atoms with Gasteiger partial charge in [0, 0.05) is 57.6 Å². The second-order valence-corrected chi connectivity index (χ2v) is 5.59. The van der Waals surface area contributed by atoms with Crippen molar-refractivity contribution >= 4 is 5.91 Å². The lowest BCUT2D eigenvalue weighted by Gasteiger charge is -2.08. The smallest absolute Gasteiger partial charge is 0.217 e. The second kappa shape index (κ2) is 7.75. The predicted octanol–water partition coefficient (Wildman–Crippen LogP) is 0.844. The number of amides is 1. The number of carbonyl (C=O) groups is 1. The normalized spacial score (nSPS) is 11.1. The zero-order chi connectivity index (χ0) is 17.6. The van der Waals surface area contributed by atoms with Gasteiger partial charge in [-0.05, 0) is 6.42 Å². The Labute approximate surface area is 145 Å². The molecule has 0 atom stereocenters. The lowest BCUT2D eigenvalue weighted by molar-refractivity contribution is -0.118. The number of ether oxygens (including phenoxy) is 1. The number of methoxy groups -OCH3 is 1. The van der Waals surface area contributed by atoms with E-state index < -0.39 is 0 Å². The molecule has 0 radical (unpaired) electrons. The van der Waals surface area contributed by atoms with Gasteiger partial charge in [-0.2, -0.15) is 5.10 Å². The lowest BCUT2D eigenvalue weighted by atomic mass is 10.3. The van der Waals surface area contributed by atoms with E-state index in [1.54, 1.807) is 30.4 Å². The number of aromatic nitrogens is 6. The number of nitrogens with zero attached hydrogens (tertiary/aromatic N) is 6. The number of primary amides is 1. The summed E-state index contributed by atoms with van der Waals surface area (Å²) in [6.07, 6.45) is 11.9. The van der Waals surface area contributed by atoms with Crippen molar-refractivity contribution in [3.05, 3.63) is 37.2 Å². The van der Waals surface area contributed by atoms with E-state index in [4.69, 9.17) is 10.5 Å². The Balaban J connectivity index is 1.79. The monoisotopic (exact) mass is 343 g/mol. The number of hydrogen-bond acceptors (Lipinski definition) is 5. The third-order valence-electron chi connectivity index (χ3n) is 3.80. The van der Waals surface area contributed by atoms with Crippen LogP contribution in [0.15, 0.2) is 37.2 Å². The SMILES string of the molecule is COCCn1ccnc1-c1nccn1-c1cnn(CCCC(N)=O)c1. The fourth-order valence-corrected chi connectivity index (χ4v) is 2.58. The Morgan fingerprint density at radius 1 is 1.20 bits per heavy atom. The number of aryl methyl sites for hydroxylation is 1. The van der Waals surface area contributed by atoms with Crippen molar-refractivity contribution in [2.45, 2.75) is 25.9 Å². The Bertz CT molecular complexity index is 833. The molecule has 0 unspecified atom stereocenters. The van der Waals surface area contributed by atoms with Crippen molar-refractivity contribution in [1.82, 2.24) is 28.9 Å². The number of carbonyl (C=O) groups excluding carboxylic acids is 1. The van der Waals surface area contributed by atoms with Crippen molar-refractivity contribution in [2.75, 3.05) is 13.7 Å². The van der Waals surface area contributed by atoms with Gasteiger partial charge in [0.2, 0.25) is 5.91 Å². The Morgan fingerprint density at radius 3 is 2.80 bits per heavy atom. The van der Waals surface area contributed by atoms with Crippen LogP contribution in [0.5, 0.6) is 0 Å². The molecule has 0 bridgehead atoms. The minimum absolute atomic E-state index is 0.299. The Kier molecular flexibility index (Phi) is 5.24. The molecule has 3 aromatic rings. The van der Waals surface area contributed by atoms with E-state index in [0.29, 0.717) is 32.5 Å². The minimum Gasteiger partial charge on any atom is -0.383 e. The van der Waals surface area contributed by atoms with Gasteiger partial charge < -0.3 is 15.0 Å². The fraction of sp³-hybridized carbons (Fsp3) is 0.375. The van der Waals surface area contributed by atoms with Gasteiger partial charge in [0.1, 0.15) is 0 Å². The van der Waals surface area contributed by atoms with Crippen LogP contribution in [-0.4, -0.2) is 48.5 Å². The maximum absolute atomic E-state index is 10.8. The van der Waals surface area contributed by atoms with Gasteiger partial charge in [0.05, 0.1) is 18.5 Å². The van der Waals surface area contributed by atoms with E-state index in [1.165, 1.54) is 0 Å². The molecule has 1 amide bonds. The molecule has 132 valence electrons. The summed E-state index contributed by atoms with van der Waals surface area (Å²) in [7, 11) is 1.67. The first-order valence-corrected chi connectivity index (χ1v) is 8.04. The van der Waals surface area contributed by atoms with Gasteiger partial charge in [0.15, 0.2) is 11.6 Å². The van der Waals surface area contributed by atoms with Gasteiger partial charge in [-0.1, -0.05) is 0 Å². The first-order valence-electron chi connectivity index (χ1n) is 8.04. The van der Waals surface area contributed by atoms with Crippen LogP contribution < -0.4 is 5.73 Å². The summed E-state index contributed by atoms with van der Waals surface area (Å²) >= 11 is 0. The van der Waals surface area contributed by atoms with E-state index in [-0.39, 0.29) is 5.91 Å². The molecule has 0 aromatic carbocycles. The maximum atomic E-state index is 10.8. The van der Waals surface area contributed by atoms with Crippen molar-refractivity contribution in [1.29, 1.82) is 0 Å². The van der Waals surface area contributed by atoms with Crippen molar-refractivity contribution in [3.8, 4) is 17.3 Å². The topological polar surface area (TPSA) is 106 Å². The van der Waals surface area contributed by atoms with Gasteiger partial charge >= 0.3 is 0 Å². The number of hydrogen-bond donors (Lipinski definition) is 1. The van der Waals surface area contributed by atoms with Gasteiger partial charge in [-0.3, -0.25) is 14.0 Å². The molecule has 25 heavy (non-hydrogen) atoms. The summed E-state index contributed by atoms with van der Waals surface area (Å²) in [4.78, 5) is 19.7. The number of rotatable bonds is 9. The molecule has 9 nitrogen and oxygen atoms in total. The highest BCUT2D eigenvalue weighted by Crippen LogP contribution is 2.20. The van der Waals surface area contributed by atoms with Crippen LogP contribution in [0.4, 0.5) is 0 Å². The molecular weight excluding hydrogens is 322 g/mol. The summed E-state index contributed by atoms with van der Waals surface area (Å²) in [6, 6.07) is 0. The molecule has 0 fully saturated rings. The molecule has 0 saturated heterocycles. The average molecular weight is 343 g/mol. The van der Waals surface area contributed by atoms with Crippen LogP contribution >= 0.6 is 0 Å². The molecule has 0 spiro atoms. The molecule has 0 aliphatic heterocycles. The molecular formula is C16H21N7O2. The second-order valence-electron chi connectivity index (χ2n) is 5.59. The molecule has 0 aliphatic carbocycles. The van der Waals surface area contributed by atoms with Crippen molar-refractivity contribution < 1.29 is 9.53 Å². The van der Waals surface area contributed by atoms with Crippen LogP contribution in [0.3, 0.4) is 0 Å². The van der Waals surface area contributed by atoms with E-state index in [1.807, 2.05) is 27.7 Å². The summed E-state index contributed by atoms with van der Waals surface area (Å²) in [5.74, 6) is 1.20. The highest BCUT2D eigenvalue weighted by molar-refractivity contribution is 5.73. The van der Waals surface area contributed by atoms with Crippen LogP contribution in [0.2, 0.25) is 0 Å². The lowest BCUT2D eigenvalue weighted by Crippen LogP contribution is -2.11. The van der Waals surface area contributed by atoms with Gasteiger partial charge in [0.25, 0.3) is 0 Å². The van der Waals surface area contributed by atoms with Gasteiger partial charge in [-0.15, -0.1) is 0 Å². The molecule has 2 N–H and O–H groups in total. The predicted molar refractivity (Wildman–Crippen MR) is 90.9 cm³/mol. The quantitative estimate of drug-likeness (QED) is 0.620. The van der Waals surface area contributed by atoms with Crippen LogP contribution in [0, 0.1) is 0 Å². The molecule has 3 heterocycles. The van der Waals surface area contributed by atoms with E-state index in [0.717, 1.165) is 17.3 Å². The largest absolute Gasteiger partial charge is 0.383 e. The molecule has 3 rings (SSSR count). The highest BCUT2D eigenvalue weighted by Gasteiger charge is 2.14. The maximum Gasteiger partial charge on any atom is 0.217 e. The molecule has 3 aromatic heterocycles. The summed E-state index contributed by atoms with van der Waals surface area (Å²) in [5, 5.41) is 4.33. The summed E-state index contributed by atoms with van der Waals surface area (Å²) in [5.41, 5.74) is 6.04. The summed E-state index contributed by atoms with van der Waals surface area (Å²) < 4.78 is 10.9. The first-order chi connectivity index (χ1) is 12.2. The van der Waals surface area contributed by atoms with E-state index in [2.05, 4.69) is 15.1 Å². The molecule has 0 aliphatic rings. The van der Waals surface area contributed by atoms with Crippen LogP contribution in [0.1, 0.15) is 12.8 Å². The van der Waals surface area contributed by atoms with E-state index >= 15 is 0 Å². The van der Waals surface area contributed by atoms with Crippen LogP contribution in [0.25, 0.3) is 17.3 Å². The standard InChI is InChI=1S/C16H21N7O2/c1-25-10-9-21-7-4-18-15(21)16-19-5-8-23(16)13-11-20-22(12-13)6-2-3-14(17)24/h4-5,7-8,11-12H,2-3,6,9-10H2,1H3,(H2,17,24). The average Bonchev–Trinajstić information content (AvgIpc) is 3.31. The van der Waals surface area contributed by atoms with Crippen molar-refractivity contribution in [3.63, 3.8) is 0 Å². The number of imidazole rings is 2. The highest BCUT2D eigenvalue weighted by atomic mass is 16.5. The molecule has 9 heteroatoms. The Morgan fingerprint density at radius 2 is 2.00 bits per heavy atom. The third kappa shape index (κ3) is 3.94. The molecule has 0 saturated carbocycles. The minimum atomic E-state index is -0.299.